The minimum absolute atomic E-state index is 0.00302. The Labute approximate surface area is 638 Å². The summed E-state index contributed by atoms with van der Waals surface area (Å²) in [4.78, 5) is 205. The molecule has 0 aliphatic rings. The van der Waals surface area contributed by atoms with E-state index in [2.05, 4.69) is 111 Å². The number of carboxylic acids is 1. The third kappa shape index (κ3) is 35.5. The number of aliphatic hydroxyl groups excluding tert-OH is 1. The van der Waals surface area contributed by atoms with E-state index < -0.39 is 162 Å². The predicted octanol–water partition coefficient (Wildman–Crippen LogP) is -7.96. The van der Waals surface area contributed by atoms with Crippen molar-refractivity contribution >= 4 is 119 Å². The quantitative estimate of drug-likeness (QED) is 0.0108. The van der Waals surface area contributed by atoms with Gasteiger partial charge in [0.25, 0.3) is 0 Å². The second kappa shape index (κ2) is 48.3. The minimum Gasteiger partial charge on any atom is -0.508 e. The van der Waals surface area contributed by atoms with Crippen LogP contribution >= 0.6 is 24.4 Å². The van der Waals surface area contributed by atoms with Gasteiger partial charge in [-0.2, -0.15) is 24.4 Å². The highest BCUT2D eigenvalue weighted by atomic mass is 32.2. The van der Waals surface area contributed by atoms with Crippen molar-refractivity contribution in [3.05, 3.63) is 66.3 Å². The molecule has 0 aliphatic carbocycles. The van der Waals surface area contributed by atoms with Crippen LogP contribution in [0.2, 0.25) is 0 Å². The van der Waals surface area contributed by atoms with E-state index in [0.29, 0.717) is 22.7 Å². The Morgan fingerprint density at radius 1 is 0.495 bits per heavy atom. The highest BCUT2D eigenvalue weighted by Gasteiger charge is 2.37. The number of aromatic hydroxyl groups is 1. The van der Waals surface area contributed by atoms with Gasteiger partial charge in [0, 0.05) is 68.4 Å². The number of H-pyrrole nitrogens is 2. The zero-order chi connectivity index (χ0) is 81.4. The number of phenols is 1. The van der Waals surface area contributed by atoms with Crippen LogP contribution in [0.3, 0.4) is 0 Å². The maximum Gasteiger partial charge on any atom is 0.326 e. The van der Waals surface area contributed by atoms with Gasteiger partial charge in [0.15, 0.2) is 17.9 Å². The molecule has 44 heteroatoms. The zero-order valence-corrected chi connectivity index (χ0v) is 63.2. The fourth-order valence-corrected chi connectivity index (χ4v) is 10.9. The van der Waals surface area contributed by atoms with Crippen LogP contribution in [-0.2, 0) is 81.6 Å². The van der Waals surface area contributed by atoms with Crippen molar-refractivity contribution in [2.24, 2.45) is 61.0 Å². The van der Waals surface area contributed by atoms with Gasteiger partial charge in [0.2, 0.25) is 70.9 Å². The normalized spacial score (nSPS) is 14.6. The summed E-state index contributed by atoms with van der Waals surface area (Å²) in [5.74, 6) is -13.2. The molecule has 0 aliphatic heterocycles. The first-order chi connectivity index (χ1) is 51.5. The molecule has 2 heterocycles. The Morgan fingerprint density at radius 3 is 1.29 bits per heavy atom. The van der Waals surface area contributed by atoms with Crippen molar-refractivity contribution < 1.29 is 77.6 Å². The van der Waals surface area contributed by atoms with Crippen LogP contribution in [0.25, 0.3) is 0 Å². The van der Waals surface area contributed by atoms with Crippen LogP contribution in [0.4, 0.5) is 0 Å². The molecule has 12 amide bonds. The highest BCUT2D eigenvalue weighted by molar-refractivity contribution is 7.98. The number of rotatable bonds is 50. The molecule has 604 valence electrons. The molecule has 42 nitrogen and oxygen atoms in total. The minimum atomic E-state index is -1.86. The Hall–Kier alpha value is -11.0. The van der Waals surface area contributed by atoms with Gasteiger partial charge in [-0.3, -0.25) is 72.5 Å². The Morgan fingerprint density at radius 2 is 0.881 bits per heavy atom. The van der Waals surface area contributed by atoms with Gasteiger partial charge in [-0.25, -0.2) is 14.8 Å². The third-order valence-corrected chi connectivity index (χ3v) is 17.1. The average Bonchev–Trinajstić information content (AvgIpc) is 1.52. The molecular weight excluding hydrogens is 1470 g/mol. The maximum atomic E-state index is 14.6. The van der Waals surface area contributed by atoms with Gasteiger partial charge in [-0.05, 0) is 108 Å². The van der Waals surface area contributed by atoms with Crippen LogP contribution in [0.15, 0.2) is 64.3 Å². The number of aromatic nitrogens is 4. The fraction of sp³-hybridized carbons (Fsp3) is 0.569. The van der Waals surface area contributed by atoms with Crippen molar-refractivity contribution in [3.8, 4) is 5.75 Å². The predicted molar refractivity (Wildman–Crippen MR) is 405 cm³/mol. The molecule has 0 saturated heterocycles. The number of aliphatic imine (C=N–C) groups is 3. The number of nitrogens with one attached hydrogen (secondary N) is 14. The molecule has 3 aromatic rings. The number of carbonyl (C=O) groups is 13. The van der Waals surface area contributed by atoms with E-state index >= 15 is 0 Å². The van der Waals surface area contributed by atoms with Crippen LogP contribution in [0, 0.1) is 5.92 Å². The lowest BCUT2D eigenvalue weighted by molar-refractivity contribution is -0.142. The van der Waals surface area contributed by atoms with Crippen molar-refractivity contribution in [1.82, 2.24) is 83.7 Å². The van der Waals surface area contributed by atoms with Gasteiger partial charge < -0.3 is 129 Å². The summed E-state index contributed by atoms with van der Waals surface area (Å²) in [6.07, 6.45) is 4.41. The van der Waals surface area contributed by atoms with Crippen LogP contribution < -0.4 is 104 Å². The lowest BCUT2D eigenvalue weighted by Crippen LogP contribution is -2.61. The number of nitrogens with zero attached hydrogens (tertiary/aromatic N) is 5. The van der Waals surface area contributed by atoms with Crippen LogP contribution in [-0.4, -0.2) is 253 Å². The number of thioether (sulfide) groups is 1. The number of phenolic OH excluding ortho intramolecular Hbond substituents is 1. The summed E-state index contributed by atoms with van der Waals surface area (Å²) in [6, 6.07) is -11.6. The van der Waals surface area contributed by atoms with Gasteiger partial charge in [-0.15, -0.1) is 0 Å². The zero-order valence-electron chi connectivity index (χ0n) is 61.5. The van der Waals surface area contributed by atoms with Crippen molar-refractivity contribution in [2.75, 3.05) is 43.9 Å². The standard InChI is InChI=1S/C65H106N26O16S2/c1-32(2)22-45(58(102)87-44(62(106)107)17-21-109-6)88-54(98)41(10-7-18-75-63(67)68)85-52(96)34(4)82-57(101)48(25-38-27-74-31-80-38)90-60(104)47(24-37-26-73-30-79-37)83-49(94)28-78-61(105)50(35(5)92)91-56(100)43(12-9-20-77-65(71)72)86-59(103)46(23-36-13-15-39(93)16-14-36)89-55(99)42(11-8-19-76-64(69)70)84-51(95)33(3)81-53(97)40(66)29-108/h13-16,26-27,30-35,40-48,50,92-93,108H,7-12,17-25,28-29,66H2,1-6H3,(H,73,79)(H,74,80)(H,78,105)(H,81,97)(H,82,101)(H,83,94)(H,84,95)(H,85,96)(H,86,103)(H,87,102)(H,88,98)(H,89,99)(H,90,104)(H,91,100)(H,106,107)(H4,67,68,75)(H4,69,70,76)(H4,71,72,77)/t33-,34-,35+,40-,41-,42-,43-,44-,45-,46-,47-,48-,50-/m0/s1. The number of aromatic amines is 2. The first kappa shape index (κ1) is 92.2. The summed E-state index contributed by atoms with van der Waals surface area (Å²) >= 11 is 5.39. The Bertz CT molecular complexity index is 3560. The number of hydrogen-bond donors (Lipinski definition) is 25. The van der Waals surface area contributed by atoms with E-state index in [-0.39, 0.29) is 126 Å². The number of guanidine groups is 3. The summed E-state index contributed by atoms with van der Waals surface area (Å²) < 4.78 is 0. The van der Waals surface area contributed by atoms with E-state index in [9.17, 15) is 77.6 Å². The first-order valence-corrected chi connectivity index (χ1v) is 36.8. The Balaban J connectivity index is 1.91. The number of hydrogen-bond acceptors (Lipinski definition) is 23. The van der Waals surface area contributed by atoms with E-state index in [1.807, 2.05) is 0 Å². The lowest BCUT2D eigenvalue weighted by Gasteiger charge is -2.28. The number of benzene rings is 1. The van der Waals surface area contributed by atoms with E-state index in [1.54, 1.807) is 20.1 Å². The number of aliphatic hydroxyl groups is 1. The van der Waals surface area contributed by atoms with Crippen molar-refractivity contribution in [3.63, 3.8) is 0 Å². The average molecular weight is 1570 g/mol. The van der Waals surface area contributed by atoms with Gasteiger partial charge >= 0.3 is 5.97 Å². The molecular formula is C65H106N26O16S2. The largest absolute Gasteiger partial charge is 0.508 e. The van der Waals surface area contributed by atoms with Crippen LogP contribution in [0.5, 0.6) is 5.75 Å². The number of nitrogens with two attached hydrogens (primary N) is 7. The summed E-state index contributed by atoms with van der Waals surface area (Å²) in [7, 11) is 0. The molecule has 109 heavy (non-hydrogen) atoms. The molecule has 0 spiro atoms. The van der Waals surface area contributed by atoms with Gasteiger partial charge in [0.1, 0.15) is 72.2 Å². The number of carboxylic acid groups (broad SMARTS) is 1. The summed E-state index contributed by atoms with van der Waals surface area (Å²) in [6.45, 7) is 6.34. The SMILES string of the molecule is CSCC[C@H](NC(=O)[C@H](CC(C)C)NC(=O)[C@H](CCCN=C(N)N)NC(=O)[C@H](C)NC(=O)[C@H](Cc1cnc[nH]1)NC(=O)[C@H](Cc1cnc[nH]1)NC(=O)CNC(=O)[C@@H](NC(=O)[C@H](CCCN=C(N)N)NC(=O)[C@H](Cc1ccc(O)cc1)NC(=O)[C@H](CCCN=C(N)N)NC(=O)[C@H](C)NC(=O)[C@@H](N)CS)[C@@H](C)O)C(=O)O. The number of imidazole rings is 2. The number of amides is 12. The number of thiol groups is 1. The monoisotopic (exact) mass is 1570 g/mol. The molecule has 0 saturated carbocycles. The van der Waals surface area contributed by atoms with E-state index in [1.165, 1.54) is 74.9 Å². The topological polar surface area (TPSA) is 704 Å². The molecule has 0 unspecified atom stereocenters. The van der Waals surface area contributed by atoms with Crippen molar-refractivity contribution in [1.29, 1.82) is 0 Å². The second-order valence-electron chi connectivity index (χ2n) is 25.8. The van der Waals surface area contributed by atoms with Crippen LogP contribution in [0.1, 0.15) is 103 Å². The molecule has 3 rings (SSSR count). The number of carbonyl (C=O) groups excluding carboxylic acids is 12. The maximum absolute atomic E-state index is 14.6. The molecule has 0 bridgehead atoms. The smallest absolute Gasteiger partial charge is 0.326 e. The van der Waals surface area contributed by atoms with Gasteiger partial charge in [-0.1, -0.05) is 26.0 Å². The van der Waals surface area contributed by atoms with Gasteiger partial charge in [0.05, 0.1) is 31.3 Å². The van der Waals surface area contributed by atoms with E-state index in [4.69, 9.17) is 40.1 Å². The number of aliphatic carboxylic acids is 1. The summed E-state index contributed by atoms with van der Waals surface area (Å²) in [5, 5.41) is 61.1. The molecule has 0 fully saturated rings. The molecule has 13 atom stereocenters. The molecule has 0 radical (unpaired) electrons. The first-order valence-electron chi connectivity index (χ1n) is 34.8. The Kier molecular flexibility index (Phi) is 40.9. The second-order valence-corrected chi connectivity index (χ2v) is 27.1. The molecule has 1 aromatic carbocycles. The third-order valence-electron chi connectivity index (χ3n) is 16.1. The fourth-order valence-electron chi connectivity index (χ4n) is 10.2. The lowest BCUT2D eigenvalue weighted by atomic mass is 10.0. The van der Waals surface area contributed by atoms with Crippen molar-refractivity contribution in [2.45, 2.75) is 184 Å². The molecule has 2 aromatic heterocycles. The van der Waals surface area contributed by atoms with E-state index in [0.717, 1.165) is 6.92 Å². The summed E-state index contributed by atoms with van der Waals surface area (Å²) in [5.41, 5.74) is 39.9. The highest BCUT2D eigenvalue weighted by Crippen LogP contribution is 2.15. The molecule has 31 N–H and O–H groups in total.